The third-order valence-electron chi connectivity index (χ3n) is 3.27. The Morgan fingerprint density at radius 3 is 2.39 bits per heavy atom. The van der Waals surface area contributed by atoms with Crippen molar-refractivity contribution in [2.24, 2.45) is 10.2 Å². The van der Waals surface area contributed by atoms with Gasteiger partial charge in [-0.15, -0.1) is 5.11 Å². The Hall–Kier alpha value is -2.68. The molecule has 2 aromatic rings. The highest BCUT2D eigenvalue weighted by Gasteiger charge is 2.24. The van der Waals surface area contributed by atoms with Crippen molar-refractivity contribution in [3.8, 4) is 0 Å². The van der Waals surface area contributed by atoms with Crippen LogP contribution in [-0.2, 0) is 9.53 Å². The highest BCUT2D eigenvalue weighted by Crippen LogP contribution is 2.35. The molecule has 0 aromatic heterocycles. The lowest BCUT2D eigenvalue weighted by Gasteiger charge is -2.08. The van der Waals surface area contributed by atoms with Crippen molar-refractivity contribution >= 4 is 57.9 Å². The van der Waals surface area contributed by atoms with E-state index in [-0.39, 0.29) is 22.2 Å². The van der Waals surface area contributed by atoms with E-state index in [2.05, 4.69) is 10.2 Å². The lowest BCUT2D eigenvalue weighted by Crippen LogP contribution is -2.08. The maximum absolute atomic E-state index is 12.2. The van der Waals surface area contributed by atoms with Gasteiger partial charge in [0.05, 0.1) is 22.2 Å². The van der Waals surface area contributed by atoms with Crippen molar-refractivity contribution in [3.05, 3.63) is 72.8 Å². The molecule has 1 N–H and O–H groups in total. The van der Waals surface area contributed by atoms with E-state index in [0.29, 0.717) is 10.7 Å². The fourth-order valence-electron chi connectivity index (χ4n) is 1.99. The molecule has 0 aliphatic heterocycles. The molecule has 2 aromatic carbocycles. The number of benzene rings is 2. The van der Waals surface area contributed by atoms with E-state index in [1.807, 2.05) is 0 Å². The number of esters is 1. The molecule has 8 nitrogen and oxygen atoms in total. The molecule has 0 bridgehead atoms. The van der Waals surface area contributed by atoms with Gasteiger partial charge in [0, 0.05) is 16.7 Å². The van der Waals surface area contributed by atoms with Crippen molar-refractivity contribution in [2.45, 2.75) is 6.92 Å². The second kappa shape index (κ2) is 9.50. The Labute approximate surface area is 174 Å². The van der Waals surface area contributed by atoms with E-state index in [1.54, 1.807) is 19.1 Å². The highest BCUT2D eigenvalue weighted by atomic mass is 35.5. The number of rotatable bonds is 6. The van der Waals surface area contributed by atoms with Gasteiger partial charge in [-0.2, -0.15) is 5.11 Å². The summed E-state index contributed by atoms with van der Waals surface area (Å²) in [5.74, 6) is -1.74. The smallest absolute Gasteiger partial charge is 0.362 e. The van der Waals surface area contributed by atoms with Crippen LogP contribution in [0.4, 0.5) is 11.4 Å². The van der Waals surface area contributed by atoms with Crippen LogP contribution in [0, 0.1) is 10.1 Å². The van der Waals surface area contributed by atoms with Crippen LogP contribution in [-0.4, -0.2) is 22.6 Å². The molecule has 0 heterocycles. The van der Waals surface area contributed by atoms with Crippen LogP contribution >= 0.6 is 34.8 Å². The molecule has 0 saturated heterocycles. The maximum atomic E-state index is 12.2. The first kappa shape index (κ1) is 21.6. The van der Waals surface area contributed by atoms with Gasteiger partial charge in [0.15, 0.2) is 5.76 Å². The average Bonchev–Trinajstić information content (AvgIpc) is 2.63. The van der Waals surface area contributed by atoms with Gasteiger partial charge in [-0.05, 0) is 37.3 Å². The number of ether oxygens (including phenoxy) is 1. The number of aliphatic hydroxyl groups is 1. The normalized spacial score (nSPS) is 12.0. The quantitative estimate of drug-likeness (QED) is 0.144. The minimum atomic E-state index is -0.994. The minimum Gasteiger partial charge on any atom is -0.505 e. The number of hydrogen-bond donors (Lipinski definition) is 1. The zero-order chi connectivity index (χ0) is 20.8. The summed E-state index contributed by atoms with van der Waals surface area (Å²) in [5.41, 5.74) is -0.983. The number of carbonyl (C=O) groups excluding carboxylic acids is 1. The predicted molar refractivity (Wildman–Crippen MR) is 105 cm³/mol. The first-order chi connectivity index (χ1) is 13.2. The summed E-state index contributed by atoms with van der Waals surface area (Å²) in [5, 5.41) is 29.3. The number of azo groups is 1. The molecule has 0 aliphatic carbocycles. The van der Waals surface area contributed by atoms with Gasteiger partial charge in [-0.3, -0.25) is 10.1 Å². The number of hydrogen-bond acceptors (Lipinski definition) is 7. The summed E-state index contributed by atoms with van der Waals surface area (Å²) < 4.78 is 4.86. The number of aliphatic hydroxyl groups excluding tert-OH is 1. The summed E-state index contributed by atoms with van der Waals surface area (Å²) >= 11 is 17.6. The zero-order valence-corrected chi connectivity index (χ0v) is 16.5. The Morgan fingerprint density at radius 1 is 1.18 bits per heavy atom. The second-order valence-corrected chi connectivity index (χ2v) is 6.39. The third-order valence-corrected chi connectivity index (χ3v) is 4.14. The van der Waals surface area contributed by atoms with Crippen molar-refractivity contribution < 1.29 is 19.6 Å². The van der Waals surface area contributed by atoms with Gasteiger partial charge in [0.2, 0.25) is 5.70 Å². The summed E-state index contributed by atoms with van der Waals surface area (Å²) in [6.07, 6.45) is 0. The number of halogens is 3. The zero-order valence-electron chi connectivity index (χ0n) is 14.2. The van der Waals surface area contributed by atoms with Crippen LogP contribution in [0.15, 0.2) is 52.3 Å². The van der Waals surface area contributed by atoms with Crippen LogP contribution in [0.5, 0.6) is 0 Å². The molecule has 0 fully saturated rings. The SMILES string of the molecule is CCOC(=O)/C(N=Nc1ccc(Cl)cc1)=C(\O)c1cc([N+](=O)[O-])c(Cl)cc1Cl. The molecule has 0 radical (unpaired) electrons. The van der Waals surface area contributed by atoms with Gasteiger partial charge in [-0.25, -0.2) is 4.79 Å². The summed E-state index contributed by atoms with van der Waals surface area (Å²) in [7, 11) is 0. The van der Waals surface area contributed by atoms with E-state index in [0.717, 1.165) is 12.1 Å². The molecular weight excluding hydrogens is 433 g/mol. The molecule has 0 spiro atoms. The molecular formula is C17H12Cl3N3O5. The number of nitrogens with zero attached hydrogens (tertiary/aromatic N) is 3. The second-order valence-electron chi connectivity index (χ2n) is 5.13. The molecule has 0 saturated carbocycles. The Kier molecular flexibility index (Phi) is 7.33. The first-order valence-corrected chi connectivity index (χ1v) is 8.79. The summed E-state index contributed by atoms with van der Waals surface area (Å²) in [6, 6.07) is 8.19. The lowest BCUT2D eigenvalue weighted by atomic mass is 10.1. The van der Waals surface area contributed by atoms with Crippen molar-refractivity contribution in [3.63, 3.8) is 0 Å². The maximum Gasteiger partial charge on any atom is 0.362 e. The molecule has 146 valence electrons. The van der Waals surface area contributed by atoms with E-state index < -0.39 is 28.0 Å². The number of carbonyl (C=O) groups is 1. The molecule has 2 rings (SSSR count). The third kappa shape index (κ3) is 5.19. The molecule has 28 heavy (non-hydrogen) atoms. The van der Waals surface area contributed by atoms with Gasteiger partial charge < -0.3 is 9.84 Å². The van der Waals surface area contributed by atoms with Crippen LogP contribution in [0.25, 0.3) is 5.76 Å². The van der Waals surface area contributed by atoms with Crippen molar-refractivity contribution in [1.29, 1.82) is 0 Å². The summed E-state index contributed by atoms with van der Waals surface area (Å²) in [4.78, 5) is 22.5. The Bertz CT molecular complexity index is 975. The fourth-order valence-corrected chi connectivity index (χ4v) is 2.65. The highest BCUT2D eigenvalue weighted by molar-refractivity contribution is 6.37. The van der Waals surface area contributed by atoms with E-state index >= 15 is 0 Å². The van der Waals surface area contributed by atoms with E-state index in [4.69, 9.17) is 39.5 Å². The van der Waals surface area contributed by atoms with Gasteiger partial charge in [0.1, 0.15) is 5.02 Å². The van der Waals surface area contributed by atoms with Crippen molar-refractivity contribution in [1.82, 2.24) is 0 Å². The van der Waals surface area contributed by atoms with E-state index in [9.17, 15) is 20.0 Å². The van der Waals surface area contributed by atoms with Gasteiger partial charge >= 0.3 is 5.97 Å². The molecule has 0 unspecified atom stereocenters. The number of nitro groups is 1. The topological polar surface area (TPSA) is 114 Å². The van der Waals surface area contributed by atoms with E-state index in [1.165, 1.54) is 12.1 Å². The van der Waals surface area contributed by atoms with Gasteiger partial charge in [-0.1, -0.05) is 34.8 Å². The average molecular weight is 445 g/mol. The molecule has 0 amide bonds. The molecule has 0 atom stereocenters. The first-order valence-electron chi connectivity index (χ1n) is 7.66. The Morgan fingerprint density at radius 2 is 1.82 bits per heavy atom. The standard InChI is InChI=1S/C17H12Cl3N3O5/c1-2-28-17(25)15(22-21-10-5-3-9(18)4-6-10)16(24)11-7-14(23(26)27)13(20)8-12(11)19/h3-8,24H,2H2,1H3/b16-15+,22-21?. The summed E-state index contributed by atoms with van der Waals surface area (Å²) in [6.45, 7) is 1.56. The fraction of sp³-hybridized carbons (Fsp3) is 0.118. The monoisotopic (exact) mass is 443 g/mol. The van der Waals surface area contributed by atoms with Crippen molar-refractivity contribution in [2.75, 3.05) is 6.61 Å². The largest absolute Gasteiger partial charge is 0.505 e. The van der Waals surface area contributed by atoms with Crippen LogP contribution in [0.3, 0.4) is 0 Å². The predicted octanol–water partition coefficient (Wildman–Crippen LogP) is 6.13. The Balaban J connectivity index is 2.59. The minimum absolute atomic E-state index is 0.000571. The van der Waals surface area contributed by atoms with Gasteiger partial charge in [0.25, 0.3) is 5.69 Å². The molecule has 0 aliphatic rings. The van der Waals surface area contributed by atoms with Crippen LogP contribution in [0.1, 0.15) is 12.5 Å². The van der Waals surface area contributed by atoms with Crippen LogP contribution in [0.2, 0.25) is 15.1 Å². The van der Waals surface area contributed by atoms with Crippen LogP contribution < -0.4 is 0 Å². The molecule has 11 heteroatoms. The lowest BCUT2D eigenvalue weighted by molar-refractivity contribution is -0.384. The number of nitro benzene ring substituents is 1.